The van der Waals surface area contributed by atoms with E-state index in [1.54, 1.807) is 12.1 Å². The Hall–Kier alpha value is -0.880. The third-order valence-corrected chi connectivity index (χ3v) is 4.50. The van der Waals surface area contributed by atoms with Crippen LogP contribution in [-0.2, 0) is 0 Å². The van der Waals surface area contributed by atoms with Crippen molar-refractivity contribution in [3.05, 3.63) is 34.4 Å². The van der Waals surface area contributed by atoms with Gasteiger partial charge in [0.2, 0.25) is 0 Å². The highest BCUT2D eigenvalue weighted by atomic mass is 32.2. The summed E-state index contributed by atoms with van der Waals surface area (Å²) < 4.78 is 0. The largest absolute Gasteiger partial charge is 0.353 e. The van der Waals surface area contributed by atoms with Gasteiger partial charge in [-0.1, -0.05) is 6.07 Å². The topological polar surface area (TPSA) is 46.4 Å². The lowest BCUT2D eigenvalue weighted by Gasteiger charge is -2.21. The zero-order valence-corrected chi connectivity index (χ0v) is 10.3. The molecule has 0 atom stereocenters. The third-order valence-electron chi connectivity index (χ3n) is 2.27. The Balaban J connectivity index is 2.18. The molecule has 1 aliphatic heterocycles. The summed E-state index contributed by atoms with van der Waals surface area (Å²) in [5, 5.41) is 10.7. The minimum atomic E-state index is -0.346. The Bertz CT molecular complexity index is 379. The molecule has 1 fully saturated rings. The predicted octanol–water partition coefficient (Wildman–Crippen LogP) is 2.80. The average molecular weight is 256 g/mol. The normalized spacial score (nSPS) is 16.9. The minimum absolute atomic E-state index is 0.164. The number of hydrogen-bond acceptors (Lipinski definition) is 5. The van der Waals surface area contributed by atoms with Crippen LogP contribution in [0.5, 0.6) is 0 Å². The molecule has 0 unspecified atom stereocenters. The highest BCUT2D eigenvalue weighted by Crippen LogP contribution is 2.26. The van der Waals surface area contributed by atoms with E-state index in [1.165, 1.54) is 6.07 Å². The first kappa shape index (κ1) is 11.6. The van der Waals surface area contributed by atoms with Gasteiger partial charge < -0.3 is 4.90 Å². The second-order valence-electron chi connectivity index (χ2n) is 3.39. The van der Waals surface area contributed by atoms with Crippen molar-refractivity contribution >= 4 is 34.9 Å². The van der Waals surface area contributed by atoms with Gasteiger partial charge in [0, 0.05) is 29.3 Å². The first-order valence-corrected chi connectivity index (χ1v) is 7.23. The summed E-state index contributed by atoms with van der Waals surface area (Å²) in [5.74, 6) is 4.12. The first-order chi connectivity index (χ1) is 7.77. The van der Waals surface area contributed by atoms with Crippen LogP contribution in [0.1, 0.15) is 0 Å². The van der Waals surface area contributed by atoms with Crippen LogP contribution in [0.4, 0.5) is 11.4 Å². The van der Waals surface area contributed by atoms with E-state index in [0.29, 0.717) is 0 Å². The van der Waals surface area contributed by atoms with Crippen molar-refractivity contribution in [3.63, 3.8) is 0 Å². The monoisotopic (exact) mass is 256 g/mol. The van der Waals surface area contributed by atoms with Crippen molar-refractivity contribution in [2.24, 2.45) is 0 Å². The maximum absolute atomic E-state index is 10.7. The summed E-state index contributed by atoms with van der Waals surface area (Å²) in [6, 6.07) is 6.85. The molecule has 0 aromatic heterocycles. The van der Waals surface area contributed by atoms with Crippen LogP contribution >= 0.6 is 23.5 Å². The highest BCUT2D eigenvalue weighted by molar-refractivity contribution is 8.03. The van der Waals surface area contributed by atoms with Crippen LogP contribution in [0.2, 0.25) is 0 Å². The Morgan fingerprint density at radius 2 is 1.94 bits per heavy atom. The van der Waals surface area contributed by atoms with E-state index in [1.807, 2.05) is 29.6 Å². The van der Waals surface area contributed by atoms with Gasteiger partial charge in [-0.2, -0.15) is 0 Å². The van der Waals surface area contributed by atoms with E-state index in [-0.39, 0.29) is 10.6 Å². The van der Waals surface area contributed by atoms with Gasteiger partial charge in [0.25, 0.3) is 5.69 Å². The van der Waals surface area contributed by atoms with Gasteiger partial charge in [0.05, 0.1) is 16.7 Å². The molecule has 0 spiro atoms. The van der Waals surface area contributed by atoms with Crippen LogP contribution in [0, 0.1) is 10.1 Å². The molecule has 0 N–H and O–H groups in total. The second kappa shape index (κ2) is 5.45. The molecule has 1 aromatic rings. The molecule has 6 heteroatoms. The number of benzene rings is 1. The fraction of sp³-hybridized carbons (Fsp3) is 0.400. The van der Waals surface area contributed by atoms with Gasteiger partial charge in [-0.25, -0.2) is 0 Å². The fourth-order valence-corrected chi connectivity index (χ4v) is 3.70. The zero-order chi connectivity index (χ0) is 11.4. The number of anilines is 1. The van der Waals surface area contributed by atoms with Crippen LogP contribution in [0.3, 0.4) is 0 Å². The van der Waals surface area contributed by atoms with Crippen LogP contribution in [-0.4, -0.2) is 28.2 Å². The van der Waals surface area contributed by atoms with Crippen molar-refractivity contribution in [2.75, 3.05) is 28.2 Å². The molecule has 1 aromatic carbocycles. The molecule has 4 nitrogen and oxygen atoms in total. The summed E-state index contributed by atoms with van der Waals surface area (Å²) in [6.45, 7) is 0. The van der Waals surface area contributed by atoms with E-state index in [4.69, 9.17) is 0 Å². The van der Waals surface area contributed by atoms with Gasteiger partial charge >= 0.3 is 0 Å². The van der Waals surface area contributed by atoms with Crippen molar-refractivity contribution in [2.45, 2.75) is 0 Å². The summed E-state index contributed by atoms with van der Waals surface area (Å²) in [5.41, 5.74) is 1.10. The maximum atomic E-state index is 10.7. The van der Waals surface area contributed by atoms with Crippen LogP contribution in [0.15, 0.2) is 24.3 Å². The number of rotatable bonds is 2. The summed E-state index contributed by atoms with van der Waals surface area (Å²) >= 11 is 3.74. The summed E-state index contributed by atoms with van der Waals surface area (Å²) in [7, 11) is 0. The Morgan fingerprint density at radius 3 is 2.56 bits per heavy atom. The Morgan fingerprint density at radius 1 is 1.25 bits per heavy atom. The molecule has 1 heterocycles. The number of hydrogen-bond donors (Lipinski definition) is 0. The molecule has 1 aliphatic rings. The number of non-ortho nitro benzene ring substituents is 1. The van der Waals surface area contributed by atoms with Crippen molar-refractivity contribution in [3.8, 4) is 0 Å². The number of nitro benzene ring substituents is 1. The second-order valence-corrected chi connectivity index (χ2v) is 5.54. The van der Waals surface area contributed by atoms with Gasteiger partial charge in [-0.3, -0.25) is 10.1 Å². The average Bonchev–Trinajstić information content (AvgIpc) is 2.57. The number of nitrogens with zero attached hydrogens (tertiary/aromatic N) is 2. The van der Waals surface area contributed by atoms with E-state index in [0.717, 1.165) is 28.9 Å². The lowest BCUT2D eigenvalue weighted by atomic mass is 10.3. The van der Waals surface area contributed by atoms with Crippen molar-refractivity contribution in [1.29, 1.82) is 0 Å². The van der Waals surface area contributed by atoms with Gasteiger partial charge in [-0.15, -0.1) is 23.5 Å². The molecule has 2 rings (SSSR count). The number of thioether (sulfide) groups is 2. The van der Waals surface area contributed by atoms with Crippen LogP contribution in [0.25, 0.3) is 0 Å². The third kappa shape index (κ3) is 2.82. The Kier molecular flexibility index (Phi) is 3.95. The molecular formula is C10H12N2O2S2. The van der Waals surface area contributed by atoms with Crippen LogP contribution < -0.4 is 4.90 Å². The minimum Gasteiger partial charge on any atom is -0.353 e. The highest BCUT2D eigenvalue weighted by Gasteiger charge is 2.13. The van der Waals surface area contributed by atoms with Gasteiger partial charge in [0.1, 0.15) is 0 Å². The molecular weight excluding hydrogens is 244 g/mol. The smallest absolute Gasteiger partial charge is 0.271 e. The van der Waals surface area contributed by atoms with E-state index in [9.17, 15) is 10.1 Å². The summed E-state index contributed by atoms with van der Waals surface area (Å²) in [6.07, 6.45) is 0. The molecule has 0 bridgehead atoms. The van der Waals surface area contributed by atoms with E-state index >= 15 is 0 Å². The van der Waals surface area contributed by atoms with Gasteiger partial charge in [0.15, 0.2) is 0 Å². The lowest BCUT2D eigenvalue weighted by Crippen LogP contribution is -2.20. The maximum Gasteiger partial charge on any atom is 0.271 e. The lowest BCUT2D eigenvalue weighted by molar-refractivity contribution is -0.384. The SMILES string of the molecule is O=[N+]([O-])c1cccc(N2CSCCSC2)c1. The van der Waals surface area contributed by atoms with E-state index < -0.39 is 0 Å². The summed E-state index contributed by atoms with van der Waals surface area (Å²) in [4.78, 5) is 12.5. The molecule has 1 saturated heterocycles. The molecule has 86 valence electrons. The van der Waals surface area contributed by atoms with E-state index in [2.05, 4.69) is 4.90 Å². The zero-order valence-electron chi connectivity index (χ0n) is 8.67. The molecule has 0 aliphatic carbocycles. The fourth-order valence-electron chi connectivity index (χ4n) is 1.46. The molecule has 0 amide bonds. The quantitative estimate of drug-likeness (QED) is 0.601. The predicted molar refractivity (Wildman–Crippen MR) is 70.2 cm³/mol. The van der Waals surface area contributed by atoms with Crippen molar-refractivity contribution in [1.82, 2.24) is 0 Å². The first-order valence-electron chi connectivity index (χ1n) is 4.92. The standard InChI is InChI=1S/C10H12N2O2S2/c13-12(14)10-3-1-2-9(6-10)11-7-15-4-5-16-8-11/h1-3,6H,4-5,7-8H2. The molecule has 0 saturated carbocycles. The van der Waals surface area contributed by atoms with Crippen molar-refractivity contribution < 1.29 is 4.92 Å². The molecule has 0 radical (unpaired) electrons. The van der Waals surface area contributed by atoms with Gasteiger partial charge in [-0.05, 0) is 6.07 Å². The number of nitro groups is 1. The molecule has 16 heavy (non-hydrogen) atoms. The Labute approximate surface area is 103 Å².